The number of carboxylic acid groups (broad SMARTS) is 1. The highest BCUT2D eigenvalue weighted by atomic mass is 35.5. The van der Waals surface area contributed by atoms with Crippen molar-refractivity contribution in [2.75, 3.05) is 0 Å². The molecular weight excluding hydrogens is 213 g/mol. The zero-order chi connectivity index (χ0) is 9.84. The summed E-state index contributed by atoms with van der Waals surface area (Å²) in [5.41, 5.74) is 0.604. The molecule has 1 aromatic heterocycles. The van der Waals surface area contributed by atoms with Crippen LogP contribution >= 0.6 is 23.2 Å². The van der Waals surface area contributed by atoms with Gasteiger partial charge in [0, 0.05) is 6.08 Å². The lowest BCUT2D eigenvalue weighted by Gasteiger charge is -1.94. The number of aliphatic carboxylic acids is 1. The molecule has 3 nitrogen and oxygen atoms in total. The van der Waals surface area contributed by atoms with Crippen LogP contribution in [0.25, 0.3) is 6.08 Å². The quantitative estimate of drug-likeness (QED) is 0.612. The van der Waals surface area contributed by atoms with Crippen LogP contribution in [0, 0.1) is 0 Å². The Balaban J connectivity index is 2.95. The van der Waals surface area contributed by atoms with Crippen molar-refractivity contribution in [1.82, 2.24) is 4.98 Å². The SMILES string of the molecule is O=C(O)/C=C/c1cc(Cl)nc(Cl)c1. The maximum Gasteiger partial charge on any atom is 0.328 e. The van der Waals surface area contributed by atoms with Gasteiger partial charge in [-0.3, -0.25) is 0 Å². The van der Waals surface area contributed by atoms with Crippen molar-refractivity contribution >= 4 is 35.2 Å². The fourth-order valence-electron chi connectivity index (χ4n) is 0.747. The molecule has 0 fully saturated rings. The summed E-state index contributed by atoms with van der Waals surface area (Å²) in [6.07, 6.45) is 2.39. The third-order valence-electron chi connectivity index (χ3n) is 1.20. The van der Waals surface area contributed by atoms with Crippen LogP contribution in [0.15, 0.2) is 18.2 Å². The average Bonchev–Trinajstić information content (AvgIpc) is 1.99. The Labute approximate surface area is 84.6 Å². The van der Waals surface area contributed by atoms with Crippen LogP contribution in [-0.2, 0) is 4.79 Å². The standard InChI is InChI=1S/C8H5Cl2NO2/c9-6-3-5(1-2-8(12)13)4-7(10)11-6/h1-4H,(H,12,13)/b2-1+. The first kappa shape index (κ1) is 10.0. The van der Waals surface area contributed by atoms with E-state index in [0.29, 0.717) is 5.56 Å². The van der Waals surface area contributed by atoms with E-state index in [9.17, 15) is 4.79 Å². The summed E-state index contributed by atoms with van der Waals surface area (Å²) in [6.45, 7) is 0. The Morgan fingerprint density at radius 2 is 1.92 bits per heavy atom. The summed E-state index contributed by atoms with van der Waals surface area (Å²) in [4.78, 5) is 13.9. The molecular formula is C8H5Cl2NO2. The lowest BCUT2D eigenvalue weighted by atomic mass is 10.2. The van der Waals surface area contributed by atoms with Crippen LogP contribution in [0.1, 0.15) is 5.56 Å². The van der Waals surface area contributed by atoms with Crippen molar-refractivity contribution in [2.24, 2.45) is 0 Å². The number of carboxylic acids is 1. The predicted molar refractivity (Wildman–Crippen MR) is 50.9 cm³/mol. The van der Waals surface area contributed by atoms with Gasteiger partial charge in [0.1, 0.15) is 10.3 Å². The van der Waals surface area contributed by atoms with Crippen LogP contribution in [0.5, 0.6) is 0 Å². The smallest absolute Gasteiger partial charge is 0.328 e. The predicted octanol–water partition coefficient (Wildman–Crippen LogP) is 2.49. The molecule has 0 bridgehead atoms. The fourth-order valence-corrected chi connectivity index (χ4v) is 1.22. The number of hydrogen-bond donors (Lipinski definition) is 1. The Morgan fingerprint density at radius 3 is 2.38 bits per heavy atom. The second-order valence-electron chi connectivity index (χ2n) is 2.22. The number of aromatic nitrogens is 1. The van der Waals surface area contributed by atoms with Crippen LogP contribution < -0.4 is 0 Å². The Hall–Kier alpha value is -1.06. The highest BCUT2D eigenvalue weighted by molar-refractivity contribution is 6.32. The highest BCUT2D eigenvalue weighted by Gasteiger charge is 1.96. The number of nitrogens with zero attached hydrogens (tertiary/aromatic N) is 1. The Morgan fingerprint density at radius 1 is 1.38 bits per heavy atom. The number of hydrogen-bond acceptors (Lipinski definition) is 2. The molecule has 0 spiro atoms. The van der Waals surface area contributed by atoms with Crippen LogP contribution in [0.4, 0.5) is 0 Å². The highest BCUT2D eigenvalue weighted by Crippen LogP contribution is 2.15. The summed E-state index contributed by atoms with van der Waals surface area (Å²) < 4.78 is 0. The van der Waals surface area contributed by atoms with Crippen LogP contribution in [0.2, 0.25) is 10.3 Å². The van der Waals surface area contributed by atoms with E-state index in [1.54, 1.807) is 0 Å². The lowest BCUT2D eigenvalue weighted by molar-refractivity contribution is -0.131. The largest absolute Gasteiger partial charge is 0.478 e. The van der Waals surface area contributed by atoms with Crippen molar-refractivity contribution < 1.29 is 9.90 Å². The number of rotatable bonds is 2. The molecule has 0 atom stereocenters. The summed E-state index contributed by atoms with van der Waals surface area (Å²) in [7, 11) is 0. The summed E-state index contributed by atoms with van der Waals surface area (Å²) in [5.74, 6) is -1.02. The van der Waals surface area contributed by atoms with E-state index in [1.807, 2.05) is 0 Å². The number of pyridine rings is 1. The Bertz CT molecular complexity index is 343. The second kappa shape index (κ2) is 4.25. The molecule has 0 aliphatic heterocycles. The van der Waals surface area contributed by atoms with Crippen LogP contribution in [-0.4, -0.2) is 16.1 Å². The van der Waals surface area contributed by atoms with E-state index in [4.69, 9.17) is 28.3 Å². The number of halogens is 2. The van der Waals surface area contributed by atoms with Gasteiger partial charge in [-0.25, -0.2) is 9.78 Å². The second-order valence-corrected chi connectivity index (χ2v) is 2.99. The van der Waals surface area contributed by atoms with Gasteiger partial charge in [0.2, 0.25) is 0 Å². The summed E-state index contributed by atoms with van der Waals surface area (Å²) >= 11 is 11.2. The minimum Gasteiger partial charge on any atom is -0.478 e. The van der Waals surface area contributed by atoms with E-state index in [0.717, 1.165) is 6.08 Å². The molecule has 0 saturated carbocycles. The van der Waals surface area contributed by atoms with E-state index in [-0.39, 0.29) is 10.3 Å². The van der Waals surface area contributed by atoms with Gasteiger partial charge in [0.25, 0.3) is 0 Å². The molecule has 0 saturated heterocycles. The minimum atomic E-state index is -1.02. The summed E-state index contributed by atoms with van der Waals surface area (Å²) in [5, 5.41) is 8.81. The molecule has 0 unspecified atom stereocenters. The molecule has 5 heteroatoms. The van der Waals surface area contributed by atoms with Gasteiger partial charge in [0.15, 0.2) is 0 Å². The maximum atomic E-state index is 10.2. The van der Waals surface area contributed by atoms with Crippen molar-refractivity contribution in [2.45, 2.75) is 0 Å². The van der Waals surface area contributed by atoms with Crippen molar-refractivity contribution in [3.8, 4) is 0 Å². The normalized spacial score (nSPS) is 10.6. The first-order chi connectivity index (χ1) is 6.08. The van der Waals surface area contributed by atoms with Gasteiger partial charge >= 0.3 is 5.97 Å². The molecule has 13 heavy (non-hydrogen) atoms. The molecule has 0 radical (unpaired) electrons. The Kier molecular flexibility index (Phi) is 3.28. The molecule has 0 amide bonds. The average molecular weight is 218 g/mol. The van der Waals surface area contributed by atoms with E-state index in [2.05, 4.69) is 4.98 Å². The molecule has 0 aliphatic rings. The maximum absolute atomic E-state index is 10.2. The number of carbonyl (C=O) groups is 1. The van der Waals surface area contributed by atoms with Crippen molar-refractivity contribution in [3.05, 3.63) is 34.1 Å². The molecule has 0 aromatic carbocycles. The molecule has 1 N–H and O–H groups in total. The monoisotopic (exact) mass is 217 g/mol. The fraction of sp³-hybridized carbons (Fsp3) is 0. The first-order valence-electron chi connectivity index (χ1n) is 3.32. The van der Waals surface area contributed by atoms with Gasteiger partial charge in [-0.05, 0) is 23.8 Å². The third-order valence-corrected chi connectivity index (χ3v) is 1.59. The van der Waals surface area contributed by atoms with Gasteiger partial charge in [-0.2, -0.15) is 0 Å². The van der Waals surface area contributed by atoms with Crippen molar-refractivity contribution in [3.63, 3.8) is 0 Å². The minimum absolute atomic E-state index is 0.234. The van der Waals surface area contributed by atoms with Crippen LogP contribution in [0.3, 0.4) is 0 Å². The van der Waals surface area contributed by atoms with Gasteiger partial charge in [-0.15, -0.1) is 0 Å². The van der Waals surface area contributed by atoms with Crippen molar-refractivity contribution in [1.29, 1.82) is 0 Å². The van der Waals surface area contributed by atoms with E-state index < -0.39 is 5.97 Å². The molecule has 0 aliphatic carbocycles. The third kappa shape index (κ3) is 3.44. The van der Waals surface area contributed by atoms with E-state index >= 15 is 0 Å². The van der Waals surface area contributed by atoms with Gasteiger partial charge in [-0.1, -0.05) is 23.2 Å². The zero-order valence-corrected chi connectivity index (χ0v) is 7.88. The zero-order valence-electron chi connectivity index (χ0n) is 6.37. The van der Waals surface area contributed by atoms with Gasteiger partial charge in [0.05, 0.1) is 0 Å². The molecule has 1 rings (SSSR count). The molecule has 1 heterocycles. The van der Waals surface area contributed by atoms with Gasteiger partial charge < -0.3 is 5.11 Å². The summed E-state index contributed by atoms with van der Waals surface area (Å²) in [6, 6.07) is 3.04. The molecule has 1 aromatic rings. The lowest BCUT2D eigenvalue weighted by Crippen LogP contribution is -1.86. The topological polar surface area (TPSA) is 50.2 Å². The van der Waals surface area contributed by atoms with E-state index in [1.165, 1.54) is 18.2 Å². The molecule has 68 valence electrons. The first-order valence-corrected chi connectivity index (χ1v) is 4.07.